The van der Waals surface area contributed by atoms with E-state index in [0.29, 0.717) is 6.54 Å². The molecule has 0 atom stereocenters. The minimum Gasteiger partial charge on any atom is -0.330 e. The predicted molar refractivity (Wildman–Crippen MR) is 43.6 cm³/mol. The van der Waals surface area contributed by atoms with Crippen molar-refractivity contribution in [1.29, 1.82) is 0 Å². The zero-order valence-electron chi connectivity index (χ0n) is 6.46. The van der Waals surface area contributed by atoms with Gasteiger partial charge in [-0.05, 0) is 0 Å². The quantitative estimate of drug-likeness (QED) is 0.593. The van der Waals surface area contributed by atoms with Gasteiger partial charge in [0.25, 0.3) is 0 Å². The average molecular weight is 139 g/mol. The van der Waals surface area contributed by atoms with Crippen LogP contribution in [0.5, 0.6) is 0 Å². The molecule has 0 spiro atoms. The van der Waals surface area contributed by atoms with Gasteiger partial charge in [0, 0.05) is 17.7 Å². The van der Waals surface area contributed by atoms with Gasteiger partial charge in [0.2, 0.25) is 0 Å². The number of aliphatic imine (C=N–C) groups is 2. The Morgan fingerprint density at radius 1 is 1.70 bits per heavy atom. The summed E-state index contributed by atoms with van der Waals surface area (Å²) in [4.78, 5) is 8.12. The first kappa shape index (κ1) is 7.41. The molecule has 0 aromatic carbocycles. The SMILES string of the molecule is CC(C)(CN)C1=NC=NC1. The summed E-state index contributed by atoms with van der Waals surface area (Å²) < 4.78 is 0. The van der Waals surface area contributed by atoms with Crippen LogP contribution in [-0.4, -0.2) is 25.1 Å². The van der Waals surface area contributed by atoms with Crippen LogP contribution in [0.1, 0.15) is 13.8 Å². The van der Waals surface area contributed by atoms with Gasteiger partial charge in [-0.3, -0.25) is 4.99 Å². The molecule has 0 bridgehead atoms. The fourth-order valence-corrected chi connectivity index (χ4v) is 0.785. The van der Waals surface area contributed by atoms with Gasteiger partial charge >= 0.3 is 0 Å². The van der Waals surface area contributed by atoms with E-state index in [1.54, 1.807) is 6.34 Å². The third kappa shape index (κ3) is 1.24. The molecule has 56 valence electrons. The Morgan fingerprint density at radius 2 is 2.40 bits per heavy atom. The van der Waals surface area contributed by atoms with Crippen LogP contribution in [0.4, 0.5) is 0 Å². The summed E-state index contributed by atoms with van der Waals surface area (Å²) >= 11 is 0. The second-order valence-electron chi connectivity index (χ2n) is 3.12. The second-order valence-corrected chi connectivity index (χ2v) is 3.12. The summed E-state index contributed by atoms with van der Waals surface area (Å²) in [5.74, 6) is 0. The zero-order valence-corrected chi connectivity index (χ0v) is 6.46. The molecule has 3 nitrogen and oxygen atoms in total. The highest BCUT2D eigenvalue weighted by molar-refractivity contribution is 5.99. The average Bonchev–Trinajstić information content (AvgIpc) is 2.38. The molecule has 2 N–H and O–H groups in total. The van der Waals surface area contributed by atoms with E-state index in [1.807, 2.05) is 0 Å². The van der Waals surface area contributed by atoms with Crippen molar-refractivity contribution in [2.45, 2.75) is 13.8 Å². The molecule has 3 heteroatoms. The summed E-state index contributed by atoms with van der Waals surface area (Å²) in [7, 11) is 0. The minimum absolute atomic E-state index is 0.0243. The molecule has 0 unspecified atom stereocenters. The Kier molecular flexibility index (Phi) is 1.85. The minimum atomic E-state index is 0.0243. The summed E-state index contributed by atoms with van der Waals surface area (Å²) in [6.07, 6.45) is 1.60. The summed E-state index contributed by atoms with van der Waals surface area (Å²) in [5.41, 5.74) is 6.67. The molecular formula is C7H13N3. The number of nitrogens with zero attached hydrogens (tertiary/aromatic N) is 2. The molecule has 0 fully saturated rings. The maximum Gasteiger partial charge on any atom is 0.110 e. The molecule has 0 saturated carbocycles. The Hall–Kier alpha value is -0.700. The van der Waals surface area contributed by atoms with Crippen LogP contribution in [0.2, 0.25) is 0 Å². The van der Waals surface area contributed by atoms with Crippen LogP contribution >= 0.6 is 0 Å². The number of hydrogen-bond donors (Lipinski definition) is 1. The Labute approximate surface area is 61.1 Å². The maximum atomic E-state index is 5.55. The Morgan fingerprint density at radius 3 is 2.80 bits per heavy atom. The first-order valence-electron chi connectivity index (χ1n) is 3.42. The molecule has 0 aromatic heterocycles. The van der Waals surface area contributed by atoms with E-state index in [4.69, 9.17) is 5.73 Å². The first-order valence-corrected chi connectivity index (χ1v) is 3.42. The van der Waals surface area contributed by atoms with Gasteiger partial charge < -0.3 is 5.73 Å². The van der Waals surface area contributed by atoms with Crippen molar-refractivity contribution in [1.82, 2.24) is 0 Å². The van der Waals surface area contributed by atoms with Crippen molar-refractivity contribution in [3.63, 3.8) is 0 Å². The molecular weight excluding hydrogens is 126 g/mol. The van der Waals surface area contributed by atoms with E-state index in [1.165, 1.54) is 0 Å². The van der Waals surface area contributed by atoms with Gasteiger partial charge in [-0.2, -0.15) is 0 Å². The highest BCUT2D eigenvalue weighted by Crippen LogP contribution is 2.17. The smallest absolute Gasteiger partial charge is 0.110 e. The molecule has 0 amide bonds. The van der Waals surface area contributed by atoms with Crippen molar-refractivity contribution in [3.8, 4) is 0 Å². The summed E-state index contributed by atoms with van der Waals surface area (Å²) in [6, 6.07) is 0. The van der Waals surface area contributed by atoms with Gasteiger partial charge in [-0.25, -0.2) is 4.99 Å². The van der Waals surface area contributed by atoms with E-state index in [0.717, 1.165) is 12.3 Å². The lowest BCUT2D eigenvalue weighted by Crippen LogP contribution is -2.33. The summed E-state index contributed by atoms with van der Waals surface area (Å²) in [6.45, 7) is 5.53. The number of hydrogen-bond acceptors (Lipinski definition) is 3. The van der Waals surface area contributed by atoms with Gasteiger partial charge in [0.15, 0.2) is 0 Å². The number of nitrogens with two attached hydrogens (primary N) is 1. The third-order valence-corrected chi connectivity index (χ3v) is 1.83. The largest absolute Gasteiger partial charge is 0.330 e. The van der Waals surface area contributed by atoms with E-state index >= 15 is 0 Å². The van der Waals surface area contributed by atoms with Crippen LogP contribution in [0.3, 0.4) is 0 Å². The molecule has 0 radical (unpaired) electrons. The van der Waals surface area contributed by atoms with Crippen molar-refractivity contribution in [2.75, 3.05) is 13.1 Å². The van der Waals surface area contributed by atoms with Gasteiger partial charge in [0.1, 0.15) is 6.34 Å². The van der Waals surface area contributed by atoms with Crippen LogP contribution in [0, 0.1) is 5.41 Å². The second kappa shape index (κ2) is 2.50. The lowest BCUT2D eigenvalue weighted by molar-refractivity contribution is 0.534. The van der Waals surface area contributed by atoms with Gasteiger partial charge in [-0.15, -0.1) is 0 Å². The molecule has 1 heterocycles. The Bertz CT molecular complexity index is 179. The fraction of sp³-hybridized carbons (Fsp3) is 0.714. The zero-order chi connectivity index (χ0) is 7.61. The monoisotopic (exact) mass is 139 g/mol. The highest BCUT2D eigenvalue weighted by atomic mass is 15.0. The van der Waals surface area contributed by atoms with Crippen molar-refractivity contribution in [2.24, 2.45) is 21.1 Å². The number of rotatable bonds is 2. The van der Waals surface area contributed by atoms with Crippen LogP contribution in [0.25, 0.3) is 0 Å². The van der Waals surface area contributed by atoms with Gasteiger partial charge in [0.05, 0.1) is 6.54 Å². The molecule has 0 aliphatic carbocycles. The highest BCUT2D eigenvalue weighted by Gasteiger charge is 2.23. The third-order valence-electron chi connectivity index (χ3n) is 1.83. The molecule has 0 saturated heterocycles. The van der Waals surface area contributed by atoms with Crippen molar-refractivity contribution >= 4 is 12.1 Å². The molecule has 0 aromatic rings. The molecule has 1 aliphatic rings. The first-order chi connectivity index (χ1) is 4.67. The standard InChI is InChI=1S/C7H13N3/c1-7(2,4-8)6-3-9-5-10-6/h5H,3-4,8H2,1-2H3. The summed E-state index contributed by atoms with van der Waals surface area (Å²) in [5, 5.41) is 0. The van der Waals surface area contributed by atoms with E-state index in [-0.39, 0.29) is 5.41 Å². The van der Waals surface area contributed by atoms with Crippen molar-refractivity contribution < 1.29 is 0 Å². The van der Waals surface area contributed by atoms with Crippen LogP contribution < -0.4 is 5.73 Å². The normalized spacial score (nSPS) is 17.7. The fourth-order valence-electron chi connectivity index (χ4n) is 0.785. The van der Waals surface area contributed by atoms with Gasteiger partial charge in [-0.1, -0.05) is 13.8 Å². The predicted octanol–water partition coefficient (Wildman–Crippen LogP) is 0.454. The lowest BCUT2D eigenvalue weighted by Gasteiger charge is -2.21. The van der Waals surface area contributed by atoms with E-state index in [2.05, 4.69) is 23.8 Å². The van der Waals surface area contributed by atoms with Crippen molar-refractivity contribution in [3.05, 3.63) is 0 Å². The van der Waals surface area contributed by atoms with E-state index in [9.17, 15) is 0 Å². The van der Waals surface area contributed by atoms with Crippen LogP contribution in [0.15, 0.2) is 9.98 Å². The molecule has 10 heavy (non-hydrogen) atoms. The molecule has 1 aliphatic heterocycles. The Balaban J connectivity index is 2.65. The van der Waals surface area contributed by atoms with E-state index < -0.39 is 0 Å². The van der Waals surface area contributed by atoms with Crippen LogP contribution in [-0.2, 0) is 0 Å². The molecule has 1 rings (SSSR count). The lowest BCUT2D eigenvalue weighted by atomic mass is 9.88. The maximum absolute atomic E-state index is 5.55. The topological polar surface area (TPSA) is 50.7 Å².